The molecule has 2 rings (SSSR count). The van der Waals surface area contributed by atoms with E-state index in [0.29, 0.717) is 19.4 Å². The molecule has 31 heavy (non-hydrogen) atoms. The first kappa shape index (κ1) is 24.5. The second-order valence-corrected chi connectivity index (χ2v) is 7.90. The number of hydrogen-bond donors (Lipinski definition) is 6. The summed E-state index contributed by atoms with van der Waals surface area (Å²) >= 11 is 0. The van der Waals surface area contributed by atoms with Crippen molar-refractivity contribution in [3.8, 4) is 0 Å². The SMILES string of the molecule is CC(O)C(NC(=O)C1CCCN1C(=O)C(CCC(=O)O)NC(=O)C1CCCN1)C(=O)O. The second-order valence-electron chi connectivity index (χ2n) is 7.90. The molecule has 3 amide bonds. The van der Waals surface area contributed by atoms with Crippen molar-refractivity contribution in [2.45, 2.75) is 75.7 Å². The van der Waals surface area contributed by atoms with Crippen LogP contribution in [0.2, 0.25) is 0 Å². The maximum Gasteiger partial charge on any atom is 0.328 e. The number of carboxylic acids is 2. The maximum absolute atomic E-state index is 13.1. The fraction of sp³-hybridized carbons (Fsp3) is 0.737. The van der Waals surface area contributed by atoms with Gasteiger partial charge in [0.1, 0.15) is 12.1 Å². The van der Waals surface area contributed by atoms with Gasteiger partial charge in [-0.05, 0) is 45.6 Å². The number of nitrogens with zero attached hydrogens (tertiary/aromatic N) is 1. The van der Waals surface area contributed by atoms with Gasteiger partial charge in [-0.1, -0.05) is 0 Å². The molecule has 12 heteroatoms. The number of likely N-dealkylation sites (tertiary alicyclic amines) is 1. The highest BCUT2D eigenvalue weighted by atomic mass is 16.4. The Hall–Kier alpha value is -2.73. The largest absolute Gasteiger partial charge is 0.481 e. The van der Waals surface area contributed by atoms with Gasteiger partial charge in [0.15, 0.2) is 6.04 Å². The van der Waals surface area contributed by atoms with Crippen LogP contribution in [-0.2, 0) is 24.0 Å². The van der Waals surface area contributed by atoms with E-state index in [1.165, 1.54) is 11.8 Å². The fourth-order valence-electron chi connectivity index (χ4n) is 3.85. The van der Waals surface area contributed by atoms with Crippen LogP contribution < -0.4 is 16.0 Å². The third-order valence-corrected chi connectivity index (χ3v) is 5.52. The topological polar surface area (TPSA) is 185 Å². The number of amides is 3. The van der Waals surface area contributed by atoms with Crippen LogP contribution in [0.4, 0.5) is 0 Å². The van der Waals surface area contributed by atoms with E-state index < -0.39 is 59.9 Å². The molecule has 5 atom stereocenters. The average Bonchev–Trinajstić information content (AvgIpc) is 3.39. The van der Waals surface area contributed by atoms with Crippen molar-refractivity contribution in [1.82, 2.24) is 20.9 Å². The van der Waals surface area contributed by atoms with Gasteiger partial charge in [0.25, 0.3) is 0 Å². The summed E-state index contributed by atoms with van der Waals surface area (Å²) in [5, 5.41) is 35.6. The van der Waals surface area contributed by atoms with Gasteiger partial charge in [-0.2, -0.15) is 0 Å². The summed E-state index contributed by atoms with van der Waals surface area (Å²) in [5.41, 5.74) is 0. The van der Waals surface area contributed by atoms with Gasteiger partial charge in [-0.25, -0.2) is 4.79 Å². The highest BCUT2D eigenvalue weighted by Gasteiger charge is 2.40. The standard InChI is InChI=1S/C19H30N4O8/c1-10(24)15(19(30)31)22-17(28)13-5-3-9-23(13)18(29)12(6-7-14(25)26)21-16(27)11-4-2-8-20-11/h10-13,15,20,24H,2-9H2,1H3,(H,21,27)(H,22,28)(H,25,26)(H,30,31). The molecule has 2 fully saturated rings. The Balaban J connectivity index is 2.11. The van der Waals surface area contributed by atoms with Crippen molar-refractivity contribution in [3.63, 3.8) is 0 Å². The first-order valence-corrected chi connectivity index (χ1v) is 10.4. The fourth-order valence-corrected chi connectivity index (χ4v) is 3.85. The van der Waals surface area contributed by atoms with E-state index in [1.807, 2.05) is 0 Å². The smallest absolute Gasteiger partial charge is 0.328 e. The Morgan fingerprint density at radius 1 is 1.06 bits per heavy atom. The molecule has 0 radical (unpaired) electrons. The van der Waals surface area contributed by atoms with Crippen LogP contribution in [-0.4, -0.2) is 93.2 Å². The van der Waals surface area contributed by atoms with Gasteiger partial charge >= 0.3 is 11.9 Å². The van der Waals surface area contributed by atoms with Gasteiger partial charge in [0.2, 0.25) is 17.7 Å². The summed E-state index contributed by atoms with van der Waals surface area (Å²) < 4.78 is 0. The number of carbonyl (C=O) groups is 5. The summed E-state index contributed by atoms with van der Waals surface area (Å²) in [6.45, 7) is 2.11. The van der Waals surface area contributed by atoms with Crippen molar-refractivity contribution < 1.29 is 39.3 Å². The third-order valence-electron chi connectivity index (χ3n) is 5.52. The van der Waals surface area contributed by atoms with Crippen LogP contribution in [0.25, 0.3) is 0 Å². The molecular formula is C19H30N4O8. The van der Waals surface area contributed by atoms with Crippen molar-refractivity contribution >= 4 is 29.7 Å². The van der Waals surface area contributed by atoms with E-state index in [2.05, 4.69) is 16.0 Å². The van der Waals surface area contributed by atoms with Crippen LogP contribution in [0.15, 0.2) is 0 Å². The zero-order valence-electron chi connectivity index (χ0n) is 17.4. The summed E-state index contributed by atoms with van der Waals surface area (Å²) in [6, 6.07) is -4.07. The number of rotatable bonds is 10. The second kappa shape index (κ2) is 11.0. The summed E-state index contributed by atoms with van der Waals surface area (Å²) in [6.07, 6.45) is 0.373. The molecule has 2 saturated heterocycles. The molecule has 12 nitrogen and oxygen atoms in total. The molecule has 2 heterocycles. The van der Waals surface area contributed by atoms with Crippen LogP contribution in [0.5, 0.6) is 0 Å². The van der Waals surface area contributed by atoms with E-state index in [1.54, 1.807) is 0 Å². The quantitative estimate of drug-likeness (QED) is 0.223. The van der Waals surface area contributed by atoms with Gasteiger partial charge in [0.05, 0.1) is 12.1 Å². The van der Waals surface area contributed by atoms with Crippen LogP contribution >= 0.6 is 0 Å². The van der Waals surface area contributed by atoms with Crippen LogP contribution in [0.3, 0.4) is 0 Å². The molecule has 0 aliphatic carbocycles. The normalized spacial score (nSPS) is 23.6. The Morgan fingerprint density at radius 2 is 1.77 bits per heavy atom. The molecule has 174 valence electrons. The number of carbonyl (C=O) groups excluding carboxylic acids is 3. The Morgan fingerprint density at radius 3 is 2.32 bits per heavy atom. The first-order valence-electron chi connectivity index (χ1n) is 10.4. The highest BCUT2D eigenvalue weighted by molar-refractivity contribution is 5.94. The van der Waals surface area contributed by atoms with Crippen molar-refractivity contribution in [2.75, 3.05) is 13.1 Å². The van der Waals surface area contributed by atoms with Gasteiger partial charge in [-0.3, -0.25) is 19.2 Å². The van der Waals surface area contributed by atoms with Gasteiger partial charge in [-0.15, -0.1) is 0 Å². The lowest BCUT2D eigenvalue weighted by Crippen LogP contribution is -2.57. The molecule has 0 bridgehead atoms. The lowest BCUT2D eigenvalue weighted by molar-refractivity contribution is -0.147. The van der Waals surface area contributed by atoms with Gasteiger partial charge in [0, 0.05) is 13.0 Å². The third kappa shape index (κ3) is 6.62. The molecule has 5 unspecified atom stereocenters. The summed E-state index contributed by atoms with van der Waals surface area (Å²) in [4.78, 5) is 61.7. The summed E-state index contributed by atoms with van der Waals surface area (Å²) in [7, 11) is 0. The van der Waals surface area contributed by atoms with E-state index in [9.17, 15) is 29.1 Å². The molecule has 0 saturated carbocycles. The van der Waals surface area contributed by atoms with Crippen molar-refractivity contribution in [2.24, 2.45) is 0 Å². The van der Waals surface area contributed by atoms with E-state index in [0.717, 1.165) is 6.42 Å². The number of hydrogen-bond acceptors (Lipinski definition) is 7. The monoisotopic (exact) mass is 442 g/mol. The van der Waals surface area contributed by atoms with Crippen molar-refractivity contribution in [3.05, 3.63) is 0 Å². The lowest BCUT2D eigenvalue weighted by Gasteiger charge is -2.30. The molecule has 0 aromatic rings. The molecule has 0 spiro atoms. The molecule has 2 aliphatic rings. The van der Waals surface area contributed by atoms with Crippen molar-refractivity contribution in [1.29, 1.82) is 0 Å². The predicted octanol–water partition coefficient (Wildman–Crippen LogP) is -1.97. The minimum atomic E-state index is -1.53. The van der Waals surface area contributed by atoms with Crippen LogP contribution in [0, 0.1) is 0 Å². The Labute approximate surface area is 179 Å². The molecule has 0 aromatic carbocycles. The molecule has 6 N–H and O–H groups in total. The maximum atomic E-state index is 13.1. The zero-order valence-corrected chi connectivity index (χ0v) is 17.4. The van der Waals surface area contributed by atoms with E-state index in [-0.39, 0.29) is 25.8 Å². The Kier molecular flexibility index (Phi) is 8.75. The number of aliphatic carboxylic acids is 2. The minimum absolute atomic E-state index is 0.136. The van der Waals surface area contributed by atoms with Gasteiger partial charge < -0.3 is 36.2 Å². The molecule has 2 aliphatic heterocycles. The van der Waals surface area contributed by atoms with E-state index >= 15 is 0 Å². The van der Waals surface area contributed by atoms with E-state index in [4.69, 9.17) is 10.2 Å². The lowest BCUT2D eigenvalue weighted by atomic mass is 10.1. The number of aliphatic hydroxyl groups is 1. The highest BCUT2D eigenvalue weighted by Crippen LogP contribution is 2.20. The number of nitrogens with one attached hydrogen (secondary N) is 3. The minimum Gasteiger partial charge on any atom is -0.481 e. The molecular weight excluding hydrogens is 412 g/mol. The van der Waals surface area contributed by atoms with Crippen LogP contribution in [0.1, 0.15) is 45.4 Å². The predicted molar refractivity (Wildman–Crippen MR) is 106 cm³/mol. The zero-order chi connectivity index (χ0) is 23.1. The number of aliphatic hydroxyl groups excluding tert-OH is 1. The number of carboxylic acid groups (broad SMARTS) is 2. The molecule has 0 aromatic heterocycles. The Bertz CT molecular complexity index is 707. The average molecular weight is 442 g/mol. The summed E-state index contributed by atoms with van der Waals surface area (Å²) in [5.74, 6) is -4.24. The first-order chi connectivity index (χ1) is 14.6.